The molecule has 3 N–H and O–H groups in total. The third kappa shape index (κ3) is 44.4. The number of hydrogen-bond acceptors (Lipinski definition) is 7. The summed E-state index contributed by atoms with van der Waals surface area (Å²) < 4.78 is 5.95. The third-order valence-corrected chi connectivity index (χ3v) is 9.05. The van der Waals surface area contributed by atoms with Gasteiger partial charge in [0, 0.05) is 52.3 Å². The van der Waals surface area contributed by atoms with Gasteiger partial charge in [-0.2, -0.15) is 0 Å². The van der Waals surface area contributed by atoms with Gasteiger partial charge in [0.2, 0.25) is 0 Å². The smallest absolute Gasteiger partial charge is 0.306 e. The summed E-state index contributed by atoms with van der Waals surface area (Å²) in [4.78, 5) is 18.8. The molecule has 0 fully saturated rings. The zero-order valence-corrected chi connectivity index (χ0v) is 35.3. The first-order chi connectivity index (χ1) is 23.1. The standard InChI is InChI=1S/C31H63NO4.C9H20O2.Y/c1-3-5-7-9-12-16-22-30(23-17-13-10-8-6-4-2)36-31(35)24-18-14-11-15-19-25-32(27-29-34)26-20-21-28-33;1-2-3-4-5-6-7-8-9-11-10;/h30,33-34H,3-29H2,1-2H3;10H,2-9H2,1H3;. The van der Waals surface area contributed by atoms with Gasteiger partial charge in [-0.1, -0.05) is 143 Å². The van der Waals surface area contributed by atoms with Gasteiger partial charge in [0.1, 0.15) is 6.10 Å². The molecule has 0 atom stereocenters. The van der Waals surface area contributed by atoms with Crippen molar-refractivity contribution in [3.63, 3.8) is 0 Å². The number of aliphatic hydroxyl groups is 2. The molecule has 0 heterocycles. The summed E-state index contributed by atoms with van der Waals surface area (Å²) in [5, 5.41) is 26.2. The molecule has 0 unspecified atom stereocenters. The van der Waals surface area contributed by atoms with Crippen LogP contribution in [0.5, 0.6) is 0 Å². The van der Waals surface area contributed by atoms with E-state index >= 15 is 0 Å². The fourth-order valence-corrected chi connectivity index (χ4v) is 5.99. The van der Waals surface area contributed by atoms with Gasteiger partial charge in [0.05, 0.1) is 13.2 Å². The molecule has 0 aliphatic carbocycles. The molecule has 0 saturated heterocycles. The van der Waals surface area contributed by atoms with E-state index < -0.39 is 0 Å². The number of rotatable bonds is 37. The molecule has 0 aliphatic heterocycles. The monoisotopic (exact) mass is 763 g/mol. The first-order valence-electron chi connectivity index (χ1n) is 20.5. The summed E-state index contributed by atoms with van der Waals surface area (Å²) in [6.07, 6.45) is 34.3. The Morgan fingerprint density at radius 2 is 0.938 bits per heavy atom. The number of aliphatic hydroxyl groups excluding tert-OH is 2. The summed E-state index contributed by atoms with van der Waals surface area (Å²) in [7, 11) is 0. The topological polar surface area (TPSA) is 99.5 Å². The molecule has 0 amide bonds. The SMILES string of the molecule is CCCCCCCCC(CCCCCCCC)OC(=O)CCCCCCCN(CCO)CCCCO.CCCCCCCCCOO.[Y]. The molecule has 7 nitrogen and oxygen atoms in total. The predicted molar refractivity (Wildman–Crippen MR) is 200 cm³/mol. The van der Waals surface area contributed by atoms with E-state index in [1.165, 1.54) is 116 Å². The van der Waals surface area contributed by atoms with Gasteiger partial charge in [0.25, 0.3) is 0 Å². The van der Waals surface area contributed by atoms with Gasteiger partial charge in [-0.05, 0) is 70.9 Å². The second-order valence-electron chi connectivity index (χ2n) is 13.7. The zero-order valence-electron chi connectivity index (χ0n) is 32.4. The van der Waals surface area contributed by atoms with E-state index in [1.54, 1.807) is 0 Å². The van der Waals surface area contributed by atoms with E-state index in [2.05, 4.69) is 30.6 Å². The molecule has 48 heavy (non-hydrogen) atoms. The van der Waals surface area contributed by atoms with Gasteiger partial charge in [-0.15, -0.1) is 0 Å². The molecular weight excluding hydrogens is 679 g/mol. The summed E-state index contributed by atoms with van der Waals surface area (Å²) in [6, 6.07) is 0. The fraction of sp³-hybridized carbons (Fsp3) is 0.975. The quantitative estimate of drug-likeness (QED) is 0.0251. The second kappa shape index (κ2) is 47.4. The molecule has 0 aromatic carbocycles. The number of unbranched alkanes of at least 4 members (excludes halogenated alkanes) is 21. The Kier molecular flexibility index (Phi) is 52.0. The van der Waals surface area contributed by atoms with Crippen LogP contribution in [-0.4, -0.2) is 71.9 Å². The minimum Gasteiger partial charge on any atom is -0.462 e. The van der Waals surface area contributed by atoms with Crippen LogP contribution in [0.2, 0.25) is 0 Å². The van der Waals surface area contributed by atoms with E-state index in [0.717, 1.165) is 83.8 Å². The zero-order chi connectivity index (χ0) is 34.9. The van der Waals surface area contributed by atoms with Crippen LogP contribution in [0.4, 0.5) is 0 Å². The molecule has 287 valence electrons. The van der Waals surface area contributed by atoms with Crippen LogP contribution in [0, 0.1) is 0 Å². The summed E-state index contributed by atoms with van der Waals surface area (Å²) in [5.41, 5.74) is 0. The van der Waals surface area contributed by atoms with Gasteiger partial charge < -0.3 is 19.8 Å². The fourth-order valence-electron chi connectivity index (χ4n) is 5.99. The minimum atomic E-state index is 0. The molecule has 0 aromatic rings. The Labute approximate surface area is 324 Å². The van der Waals surface area contributed by atoms with Crippen molar-refractivity contribution in [3.8, 4) is 0 Å². The number of hydrogen-bond donors (Lipinski definition) is 3. The average Bonchev–Trinajstić information content (AvgIpc) is 3.07. The normalized spacial score (nSPS) is 11.1. The van der Waals surface area contributed by atoms with Crippen molar-refractivity contribution in [2.24, 2.45) is 0 Å². The minimum absolute atomic E-state index is 0. The van der Waals surface area contributed by atoms with E-state index in [9.17, 15) is 9.90 Å². The first-order valence-corrected chi connectivity index (χ1v) is 20.5. The van der Waals surface area contributed by atoms with Crippen LogP contribution in [0.1, 0.15) is 207 Å². The number of carbonyl (C=O) groups excluding carboxylic acids is 1. The number of carbonyl (C=O) groups is 1. The average molecular weight is 763 g/mol. The Morgan fingerprint density at radius 1 is 0.521 bits per heavy atom. The van der Waals surface area contributed by atoms with Gasteiger partial charge in [-0.3, -0.25) is 10.1 Å². The number of esters is 1. The molecule has 0 aromatic heterocycles. The van der Waals surface area contributed by atoms with Crippen molar-refractivity contribution in [1.82, 2.24) is 4.90 Å². The Balaban J connectivity index is -0.00000143. The Morgan fingerprint density at radius 3 is 1.40 bits per heavy atom. The van der Waals surface area contributed by atoms with Crippen molar-refractivity contribution in [2.75, 3.05) is 39.5 Å². The number of ether oxygens (including phenoxy) is 1. The van der Waals surface area contributed by atoms with Crippen LogP contribution < -0.4 is 0 Å². The van der Waals surface area contributed by atoms with Crippen LogP contribution >= 0.6 is 0 Å². The van der Waals surface area contributed by atoms with Crippen molar-refractivity contribution in [3.05, 3.63) is 0 Å². The van der Waals surface area contributed by atoms with Crippen LogP contribution in [-0.2, 0) is 47.1 Å². The second-order valence-corrected chi connectivity index (χ2v) is 13.7. The van der Waals surface area contributed by atoms with Crippen LogP contribution in [0.3, 0.4) is 0 Å². The largest absolute Gasteiger partial charge is 0.462 e. The van der Waals surface area contributed by atoms with Crippen LogP contribution in [0.25, 0.3) is 0 Å². The maximum Gasteiger partial charge on any atom is 0.306 e. The Bertz CT molecular complexity index is 562. The van der Waals surface area contributed by atoms with Crippen molar-refractivity contribution >= 4 is 5.97 Å². The molecule has 1 radical (unpaired) electrons. The maximum absolute atomic E-state index is 12.5. The number of nitrogens with zero attached hydrogens (tertiary/aromatic N) is 1. The van der Waals surface area contributed by atoms with Crippen LogP contribution in [0.15, 0.2) is 0 Å². The predicted octanol–water partition coefficient (Wildman–Crippen LogP) is 11.0. The summed E-state index contributed by atoms with van der Waals surface area (Å²) in [5.74, 6) is 0.00923. The summed E-state index contributed by atoms with van der Waals surface area (Å²) in [6.45, 7) is 10.3. The molecule has 8 heteroatoms. The maximum atomic E-state index is 12.5. The third-order valence-electron chi connectivity index (χ3n) is 9.05. The molecule has 0 saturated carbocycles. The molecule has 0 spiro atoms. The van der Waals surface area contributed by atoms with Gasteiger partial charge in [-0.25, -0.2) is 4.89 Å². The molecular formula is C40H83NO6Y. The van der Waals surface area contributed by atoms with E-state index in [4.69, 9.17) is 15.1 Å². The van der Waals surface area contributed by atoms with Crippen molar-refractivity contribution < 1.29 is 62.6 Å². The molecule has 0 bridgehead atoms. The van der Waals surface area contributed by atoms with Gasteiger partial charge in [0.15, 0.2) is 0 Å². The van der Waals surface area contributed by atoms with E-state index in [1.807, 2.05) is 0 Å². The summed E-state index contributed by atoms with van der Waals surface area (Å²) >= 11 is 0. The van der Waals surface area contributed by atoms with E-state index in [-0.39, 0.29) is 58.0 Å². The molecule has 0 aliphatic rings. The van der Waals surface area contributed by atoms with Crippen molar-refractivity contribution in [1.29, 1.82) is 0 Å². The first kappa shape index (κ1) is 52.7. The van der Waals surface area contributed by atoms with E-state index in [0.29, 0.717) is 13.0 Å². The van der Waals surface area contributed by atoms with Crippen molar-refractivity contribution in [2.45, 2.75) is 213 Å². The Hall–Kier alpha value is 0.374. The molecule has 0 rings (SSSR count). The van der Waals surface area contributed by atoms with Gasteiger partial charge >= 0.3 is 5.97 Å².